The molecule has 1 amide bonds. The first-order chi connectivity index (χ1) is 16.6. The van der Waals surface area contributed by atoms with Gasteiger partial charge in [0.05, 0.1) is 33.1 Å². The van der Waals surface area contributed by atoms with E-state index >= 15 is 0 Å². The number of rotatable bonds is 7. The summed E-state index contributed by atoms with van der Waals surface area (Å²) in [5.74, 6) is -3.73. The van der Waals surface area contributed by atoms with Gasteiger partial charge in [-0.1, -0.05) is 59.1 Å². The summed E-state index contributed by atoms with van der Waals surface area (Å²) < 4.78 is 82.4. The van der Waals surface area contributed by atoms with E-state index in [1.807, 2.05) is 0 Å². The zero-order valence-electron chi connectivity index (χ0n) is 18.5. The van der Waals surface area contributed by atoms with E-state index in [9.17, 15) is 35.9 Å². The minimum absolute atomic E-state index is 0.133. The standard InChI is InChI=1S/C24H18Cl3F6NO2/c1-34(22(36)13-4-5-13)11-20(35)15-6-2-12(8-17(15)24(31,32)33)3-7-16(23(28,29)30)14-9-18(25)21(27)19(26)10-14/h2-3,6-10,13,16H,4-5,11H2,1H3/b7-3+. The Labute approximate surface area is 217 Å². The van der Waals surface area contributed by atoms with Crippen molar-refractivity contribution in [3.8, 4) is 0 Å². The number of alkyl halides is 6. The van der Waals surface area contributed by atoms with Crippen molar-refractivity contribution in [3.05, 3.63) is 73.7 Å². The fraction of sp³-hybridized carbons (Fsp3) is 0.333. The first kappa shape index (κ1) is 28.3. The molecule has 2 aromatic rings. The third-order valence-corrected chi connectivity index (χ3v) is 6.73. The van der Waals surface area contributed by atoms with Gasteiger partial charge in [-0.2, -0.15) is 26.3 Å². The van der Waals surface area contributed by atoms with Crippen LogP contribution in [0.3, 0.4) is 0 Å². The zero-order valence-corrected chi connectivity index (χ0v) is 20.8. The summed E-state index contributed by atoms with van der Waals surface area (Å²) in [6.07, 6.45) is -6.93. The minimum atomic E-state index is -4.96. The predicted octanol–water partition coefficient (Wildman–Crippen LogP) is 8.08. The largest absolute Gasteiger partial charge is 0.417 e. The molecule has 1 aliphatic carbocycles. The summed E-state index contributed by atoms with van der Waals surface area (Å²) in [5, 5.41) is -0.560. The van der Waals surface area contributed by atoms with E-state index in [2.05, 4.69) is 0 Å². The molecule has 1 atom stereocenters. The summed E-state index contributed by atoms with van der Waals surface area (Å²) in [7, 11) is 1.33. The van der Waals surface area contributed by atoms with Crippen molar-refractivity contribution in [2.24, 2.45) is 5.92 Å². The fourth-order valence-electron chi connectivity index (χ4n) is 3.53. The smallest absolute Gasteiger partial charge is 0.338 e. The van der Waals surface area contributed by atoms with Crippen LogP contribution in [-0.4, -0.2) is 36.4 Å². The van der Waals surface area contributed by atoms with Crippen LogP contribution in [0.1, 0.15) is 45.8 Å². The van der Waals surface area contributed by atoms with Crippen LogP contribution in [0, 0.1) is 5.92 Å². The molecule has 0 radical (unpaired) electrons. The van der Waals surface area contributed by atoms with Gasteiger partial charge in [0.25, 0.3) is 0 Å². The van der Waals surface area contributed by atoms with Gasteiger partial charge in [0, 0.05) is 18.5 Å². The molecular weight excluding hydrogens is 555 g/mol. The summed E-state index contributed by atoms with van der Waals surface area (Å²) in [5.41, 5.74) is -2.58. The monoisotopic (exact) mass is 571 g/mol. The van der Waals surface area contributed by atoms with Crippen LogP contribution < -0.4 is 0 Å². The molecule has 1 aliphatic rings. The van der Waals surface area contributed by atoms with E-state index in [4.69, 9.17) is 34.8 Å². The van der Waals surface area contributed by atoms with Gasteiger partial charge in [-0.3, -0.25) is 9.59 Å². The van der Waals surface area contributed by atoms with Crippen molar-refractivity contribution in [1.82, 2.24) is 4.90 Å². The molecule has 0 N–H and O–H groups in total. The highest BCUT2D eigenvalue weighted by molar-refractivity contribution is 6.48. The van der Waals surface area contributed by atoms with Gasteiger partial charge in [0.15, 0.2) is 5.78 Å². The lowest BCUT2D eigenvalue weighted by atomic mass is 9.95. The van der Waals surface area contributed by atoms with Crippen LogP contribution in [0.15, 0.2) is 36.4 Å². The number of Topliss-reactive ketones (excluding diaryl/α,β-unsaturated/α-hetero) is 1. The lowest BCUT2D eigenvalue weighted by Gasteiger charge is -2.19. The molecular formula is C24H18Cl3F6NO2. The Bertz CT molecular complexity index is 1180. The molecule has 0 spiro atoms. The maximum atomic E-state index is 13.7. The Kier molecular flexibility index (Phi) is 8.37. The molecule has 36 heavy (non-hydrogen) atoms. The van der Waals surface area contributed by atoms with Gasteiger partial charge in [-0.05, 0) is 42.2 Å². The number of halogens is 9. The lowest BCUT2D eigenvalue weighted by molar-refractivity contribution is -0.139. The number of ketones is 1. The lowest BCUT2D eigenvalue weighted by Crippen LogP contribution is -2.33. The molecule has 1 unspecified atom stereocenters. The number of amides is 1. The fourth-order valence-corrected chi connectivity index (χ4v) is 4.15. The third kappa shape index (κ3) is 6.75. The van der Waals surface area contributed by atoms with Gasteiger partial charge in [0.1, 0.15) is 0 Å². The summed E-state index contributed by atoms with van der Waals surface area (Å²) >= 11 is 17.5. The van der Waals surface area contributed by atoms with E-state index < -0.39 is 41.7 Å². The highest BCUT2D eigenvalue weighted by Gasteiger charge is 2.40. The molecule has 0 aromatic heterocycles. The number of nitrogens with zero attached hydrogens (tertiary/aromatic N) is 1. The molecule has 12 heteroatoms. The van der Waals surface area contributed by atoms with E-state index in [0.717, 1.165) is 35.2 Å². The van der Waals surface area contributed by atoms with Crippen molar-refractivity contribution in [1.29, 1.82) is 0 Å². The van der Waals surface area contributed by atoms with Crippen LogP contribution in [0.4, 0.5) is 26.3 Å². The summed E-state index contributed by atoms with van der Waals surface area (Å²) in [6, 6.07) is 4.51. The molecule has 1 saturated carbocycles. The van der Waals surface area contributed by atoms with Gasteiger partial charge in [-0.15, -0.1) is 0 Å². The van der Waals surface area contributed by atoms with Gasteiger partial charge >= 0.3 is 12.4 Å². The summed E-state index contributed by atoms with van der Waals surface area (Å²) in [6.45, 7) is -0.554. The predicted molar refractivity (Wildman–Crippen MR) is 125 cm³/mol. The molecule has 0 aliphatic heterocycles. The Morgan fingerprint density at radius 1 is 1.03 bits per heavy atom. The quantitative estimate of drug-likeness (QED) is 0.191. The van der Waals surface area contributed by atoms with Crippen LogP contribution in [0.5, 0.6) is 0 Å². The molecule has 1 fully saturated rings. The SMILES string of the molecule is CN(CC(=O)c1ccc(/C=C/C(c2cc(Cl)c(Cl)c(Cl)c2)C(F)(F)F)cc1C(F)(F)F)C(=O)C1CC1. The van der Waals surface area contributed by atoms with E-state index in [-0.39, 0.29) is 38.0 Å². The number of benzene rings is 2. The number of allylic oxidation sites excluding steroid dienone is 1. The average molecular weight is 573 g/mol. The normalized spacial score (nSPS) is 15.3. The molecule has 194 valence electrons. The number of likely N-dealkylation sites (N-methyl/N-ethyl adjacent to an activating group) is 1. The average Bonchev–Trinajstić information content (AvgIpc) is 3.60. The first-order valence-corrected chi connectivity index (χ1v) is 11.6. The van der Waals surface area contributed by atoms with Crippen molar-refractivity contribution >= 4 is 52.6 Å². The highest BCUT2D eigenvalue weighted by Crippen LogP contribution is 2.41. The minimum Gasteiger partial charge on any atom is -0.338 e. The van der Waals surface area contributed by atoms with Crippen molar-refractivity contribution in [2.75, 3.05) is 13.6 Å². The Balaban J connectivity index is 1.93. The second kappa shape index (κ2) is 10.6. The Hall–Kier alpha value is -2.23. The Morgan fingerprint density at radius 2 is 1.61 bits per heavy atom. The number of carbonyl (C=O) groups excluding carboxylic acids is 2. The maximum absolute atomic E-state index is 13.7. The van der Waals surface area contributed by atoms with Crippen LogP contribution in [0.25, 0.3) is 6.08 Å². The topological polar surface area (TPSA) is 37.4 Å². The molecule has 0 bridgehead atoms. The van der Waals surface area contributed by atoms with Crippen molar-refractivity contribution < 1.29 is 35.9 Å². The highest BCUT2D eigenvalue weighted by atomic mass is 35.5. The molecule has 2 aromatic carbocycles. The number of carbonyl (C=O) groups is 2. The van der Waals surface area contributed by atoms with Gasteiger partial charge in [-0.25, -0.2) is 0 Å². The van der Waals surface area contributed by atoms with Crippen LogP contribution in [-0.2, 0) is 11.0 Å². The summed E-state index contributed by atoms with van der Waals surface area (Å²) in [4.78, 5) is 25.7. The van der Waals surface area contributed by atoms with Crippen molar-refractivity contribution in [2.45, 2.75) is 31.1 Å². The van der Waals surface area contributed by atoms with E-state index in [1.54, 1.807) is 0 Å². The maximum Gasteiger partial charge on any atom is 0.417 e. The molecule has 0 saturated heterocycles. The molecule has 3 nitrogen and oxygen atoms in total. The third-order valence-electron chi connectivity index (χ3n) is 5.53. The van der Waals surface area contributed by atoms with Gasteiger partial charge < -0.3 is 4.90 Å². The number of hydrogen-bond donors (Lipinski definition) is 0. The second-order valence-corrected chi connectivity index (χ2v) is 9.56. The molecule has 3 rings (SSSR count). The van der Waals surface area contributed by atoms with Gasteiger partial charge in [0.2, 0.25) is 5.91 Å². The molecule has 0 heterocycles. The van der Waals surface area contributed by atoms with E-state index in [0.29, 0.717) is 25.0 Å². The van der Waals surface area contributed by atoms with Crippen molar-refractivity contribution in [3.63, 3.8) is 0 Å². The first-order valence-electron chi connectivity index (χ1n) is 10.5. The van der Waals surface area contributed by atoms with Crippen LogP contribution >= 0.6 is 34.8 Å². The second-order valence-electron chi connectivity index (χ2n) is 8.37. The van der Waals surface area contributed by atoms with E-state index in [1.165, 1.54) is 7.05 Å². The zero-order chi connectivity index (χ0) is 27.0. The van der Waals surface area contributed by atoms with Crippen LogP contribution in [0.2, 0.25) is 15.1 Å². The number of hydrogen-bond acceptors (Lipinski definition) is 2. The Morgan fingerprint density at radius 3 is 2.11 bits per heavy atom.